The lowest BCUT2D eigenvalue weighted by Gasteiger charge is -2.17. The van der Waals surface area contributed by atoms with E-state index in [0.717, 1.165) is 16.7 Å². The number of hydrogen-bond acceptors (Lipinski definition) is 2. The summed E-state index contributed by atoms with van der Waals surface area (Å²) < 4.78 is 0. The first-order valence-corrected chi connectivity index (χ1v) is 8.11. The van der Waals surface area contributed by atoms with Crippen LogP contribution in [0.4, 0.5) is 0 Å². The summed E-state index contributed by atoms with van der Waals surface area (Å²) in [6, 6.07) is 14.4. The molecule has 2 aromatic carbocycles. The lowest BCUT2D eigenvalue weighted by atomic mass is 10.0. The number of carbonyl (C=O) groups excluding carboxylic acids is 1. The van der Waals surface area contributed by atoms with E-state index in [1.807, 2.05) is 43.3 Å². The summed E-state index contributed by atoms with van der Waals surface area (Å²) in [5, 5.41) is 12.5. The van der Waals surface area contributed by atoms with E-state index < -0.39 is 12.0 Å². The number of benzene rings is 2. The van der Waals surface area contributed by atoms with Gasteiger partial charge in [-0.3, -0.25) is 9.59 Å². The monoisotopic (exact) mass is 345 g/mol. The third-order valence-electron chi connectivity index (χ3n) is 3.67. The largest absolute Gasteiger partial charge is 0.481 e. The molecule has 0 saturated carbocycles. The number of halogens is 1. The molecule has 0 aromatic heterocycles. The quantitative estimate of drug-likeness (QED) is 0.808. The first-order valence-electron chi connectivity index (χ1n) is 7.73. The standard InChI is InChI=1S/C19H20ClNO3/c1-13-2-4-15(5-3-13)11-18(22)21-17(12-19(23)24)10-14-6-8-16(20)9-7-14/h2-9,17H,10-12H2,1H3,(H,21,22)(H,23,24)/t17-/m0/s1. The number of nitrogens with one attached hydrogen (secondary N) is 1. The number of hydrogen-bond donors (Lipinski definition) is 2. The van der Waals surface area contributed by atoms with E-state index in [1.165, 1.54) is 0 Å². The maximum Gasteiger partial charge on any atom is 0.305 e. The molecule has 5 heteroatoms. The van der Waals surface area contributed by atoms with Crippen LogP contribution in [-0.2, 0) is 22.4 Å². The minimum atomic E-state index is -0.940. The van der Waals surface area contributed by atoms with Crippen LogP contribution in [0.3, 0.4) is 0 Å². The van der Waals surface area contributed by atoms with E-state index in [9.17, 15) is 9.59 Å². The Hall–Kier alpha value is -2.33. The fourth-order valence-electron chi connectivity index (χ4n) is 2.46. The van der Waals surface area contributed by atoms with Gasteiger partial charge < -0.3 is 10.4 Å². The Balaban J connectivity index is 1.99. The Kier molecular flexibility index (Phi) is 6.38. The first kappa shape index (κ1) is 18.0. The van der Waals surface area contributed by atoms with Crippen LogP contribution in [0.2, 0.25) is 5.02 Å². The molecule has 2 rings (SSSR count). The smallest absolute Gasteiger partial charge is 0.305 e. The van der Waals surface area contributed by atoms with E-state index in [2.05, 4.69) is 5.32 Å². The van der Waals surface area contributed by atoms with Crippen molar-refractivity contribution in [2.45, 2.75) is 32.2 Å². The van der Waals surface area contributed by atoms with Crippen LogP contribution >= 0.6 is 11.6 Å². The van der Waals surface area contributed by atoms with E-state index in [0.29, 0.717) is 11.4 Å². The van der Waals surface area contributed by atoms with Crippen LogP contribution in [0.25, 0.3) is 0 Å². The zero-order chi connectivity index (χ0) is 17.5. The molecule has 0 radical (unpaired) electrons. The second kappa shape index (κ2) is 8.50. The second-order valence-electron chi connectivity index (χ2n) is 5.86. The Labute approximate surface area is 146 Å². The molecule has 2 N–H and O–H groups in total. The van der Waals surface area contributed by atoms with Gasteiger partial charge in [0, 0.05) is 11.1 Å². The molecular weight excluding hydrogens is 326 g/mol. The van der Waals surface area contributed by atoms with Gasteiger partial charge >= 0.3 is 5.97 Å². The summed E-state index contributed by atoms with van der Waals surface area (Å²) >= 11 is 5.85. The average molecular weight is 346 g/mol. The first-order chi connectivity index (χ1) is 11.4. The highest BCUT2D eigenvalue weighted by molar-refractivity contribution is 6.30. The molecular formula is C19H20ClNO3. The predicted octanol–water partition coefficient (Wildman–Crippen LogP) is 3.39. The highest BCUT2D eigenvalue weighted by atomic mass is 35.5. The maximum absolute atomic E-state index is 12.2. The van der Waals surface area contributed by atoms with Crippen molar-refractivity contribution in [1.29, 1.82) is 0 Å². The number of aliphatic carboxylic acids is 1. The van der Waals surface area contributed by atoms with Crippen molar-refractivity contribution in [3.8, 4) is 0 Å². The summed E-state index contributed by atoms with van der Waals surface area (Å²) in [7, 11) is 0. The number of amides is 1. The summed E-state index contributed by atoms with van der Waals surface area (Å²) in [4.78, 5) is 23.3. The van der Waals surface area contributed by atoms with Crippen LogP contribution in [0.5, 0.6) is 0 Å². The van der Waals surface area contributed by atoms with E-state index in [1.54, 1.807) is 12.1 Å². The SMILES string of the molecule is Cc1ccc(CC(=O)N[C@H](CC(=O)O)Cc2ccc(Cl)cc2)cc1. The van der Waals surface area contributed by atoms with Gasteiger partial charge in [-0.15, -0.1) is 0 Å². The zero-order valence-corrected chi connectivity index (χ0v) is 14.2. The maximum atomic E-state index is 12.2. The molecule has 0 unspecified atom stereocenters. The van der Waals surface area contributed by atoms with Crippen molar-refractivity contribution in [2.75, 3.05) is 0 Å². The van der Waals surface area contributed by atoms with Gasteiger partial charge in [0.25, 0.3) is 0 Å². The molecule has 0 heterocycles. The molecule has 1 atom stereocenters. The summed E-state index contributed by atoms with van der Waals surface area (Å²) in [5.41, 5.74) is 2.96. The van der Waals surface area contributed by atoms with Gasteiger partial charge in [-0.05, 0) is 36.6 Å². The molecule has 0 aliphatic heterocycles. The van der Waals surface area contributed by atoms with Crippen molar-refractivity contribution in [3.05, 3.63) is 70.2 Å². The number of carboxylic acids is 1. The molecule has 0 aliphatic rings. The lowest BCUT2D eigenvalue weighted by Crippen LogP contribution is -2.38. The third-order valence-corrected chi connectivity index (χ3v) is 3.92. The molecule has 24 heavy (non-hydrogen) atoms. The Morgan fingerprint density at radius 1 is 1.04 bits per heavy atom. The van der Waals surface area contributed by atoms with Crippen molar-refractivity contribution in [1.82, 2.24) is 5.32 Å². The fourth-order valence-corrected chi connectivity index (χ4v) is 2.59. The van der Waals surface area contributed by atoms with Crippen LogP contribution in [0.1, 0.15) is 23.1 Å². The predicted molar refractivity (Wildman–Crippen MR) is 94.2 cm³/mol. The molecule has 0 aliphatic carbocycles. The van der Waals surface area contributed by atoms with Gasteiger partial charge in [0.05, 0.1) is 12.8 Å². The molecule has 0 saturated heterocycles. The van der Waals surface area contributed by atoms with Gasteiger partial charge in [-0.25, -0.2) is 0 Å². The van der Waals surface area contributed by atoms with Gasteiger partial charge in [0.2, 0.25) is 5.91 Å². The van der Waals surface area contributed by atoms with Crippen LogP contribution in [0, 0.1) is 6.92 Å². The summed E-state index contributed by atoms with van der Waals surface area (Å²) in [5.74, 6) is -1.12. The molecule has 126 valence electrons. The molecule has 1 amide bonds. The van der Waals surface area contributed by atoms with Gasteiger partial charge in [0.1, 0.15) is 0 Å². The van der Waals surface area contributed by atoms with Crippen LogP contribution in [0.15, 0.2) is 48.5 Å². The van der Waals surface area contributed by atoms with Crippen LogP contribution in [-0.4, -0.2) is 23.0 Å². The van der Waals surface area contributed by atoms with Crippen molar-refractivity contribution < 1.29 is 14.7 Å². The Bertz CT molecular complexity index is 696. The molecule has 0 spiro atoms. The molecule has 4 nitrogen and oxygen atoms in total. The third kappa shape index (κ3) is 6.05. The minimum absolute atomic E-state index is 0.123. The fraction of sp³-hybridized carbons (Fsp3) is 0.263. The van der Waals surface area contributed by atoms with E-state index in [-0.39, 0.29) is 18.7 Å². The number of carboxylic acid groups (broad SMARTS) is 1. The highest BCUT2D eigenvalue weighted by Gasteiger charge is 2.17. The van der Waals surface area contributed by atoms with Crippen molar-refractivity contribution >= 4 is 23.5 Å². The summed E-state index contributed by atoms with van der Waals surface area (Å²) in [6.07, 6.45) is 0.558. The zero-order valence-electron chi connectivity index (χ0n) is 13.5. The van der Waals surface area contributed by atoms with Crippen LogP contribution < -0.4 is 5.32 Å². The van der Waals surface area contributed by atoms with Gasteiger partial charge in [-0.1, -0.05) is 53.6 Å². The minimum Gasteiger partial charge on any atom is -0.481 e. The summed E-state index contributed by atoms with van der Waals surface area (Å²) in [6.45, 7) is 1.98. The normalized spacial score (nSPS) is 11.8. The average Bonchev–Trinajstić information content (AvgIpc) is 2.51. The van der Waals surface area contributed by atoms with Gasteiger partial charge in [0.15, 0.2) is 0 Å². The second-order valence-corrected chi connectivity index (χ2v) is 6.29. The number of aryl methyl sites for hydroxylation is 1. The van der Waals surface area contributed by atoms with E-state index >= 15 is 0 Å². The Morgan fingerprint density at radius 3 is 2.21 bits per heavy atom. The van der Waals surface area contributed by atoms with E-state index in [4.69, 9.17) is 16.7 Å². The molecule has 0 fully saturated rings. The Morgan fingerprint density at radius 2 is 1.62 bits per heavy atom. The van der Waals surface area contributed by atoms with Crippen molar-refractivity contribution in [2.24, 2.45) is 0 Å². The molecule has 2 aromatic rings. The molecule has 0 bridgehead atoms. The lowest BCUT2D eigenvalue weighted by molar-refractivity contribution is -0.137. The van der Waals surface area contributed by atoms with Crippen molar-refractivity contribution in [3.63, 3.8) is 0 Å². The number of rotatable bonds is 7. The highest BCUT2D eigenvalue weighted by Crippen LogP contribution is 2.12. The van der Waals surface area contributed by atoms with Gasteiger partial charge in [-0.2, -0.15) is 0 Å². The number of carbonyl (C=O) groups is 2. The topological polar surface area (TPSA) is 66.4 Å².